The van der Waals surface area contributed by atoms with Gasteiger partial charge >= 0.3 is 6.09 Å². The van der Waals surface area contributed by atoms with Gasteiger partial charge in [-0.25, -0.2) is 14.6 Å². The number of pyridine rings is 1. The lowest BCUT2D eigenvalue weighted by molar-refractivity contribution is -0.121. The van der Waals surface area contributed by atoms with Crippen molar-refractivity contribution in [2.24, 2.45) is 0 Å². The molecule has 3 heterocycles. The number of benzene rings is 1. The summed E-state index contributed by atoms with van der Waals surface area (Å²) in [6.07, 6.45) is 3.94. The Hall–Kier alpha value is -4.72. The van der Waals surface area contributed by atoms with Crippen LogP contribution in [0.2, 0.25) is 0 Å². The minimum Gasteiger partial charge on any atom is -0.497 e. The molecule has 0 bridgehead atoms. The molecule has 190 valence electrons. The number of carbonyl (C=O) groups excluding carboxylic acids is 2. The summed E-state index contributed by atoms with van der Waals surface area (Å²) >= 11 is 0. The molecular weight excluding hydrogens is 476 g/mol. The highest BCUT2D eigenvalue weighted by Crippen LogP contribution is 2.34. The molecule has 4 rings (SSSR count). The number of rotatable bonds is 5. The number of hydrogen-bond acceptors (Lipinski definition) is 8. The second-order valence-electron chi connectivity index (χ2n) is 9.15. The molecular formula is C26H26N6O5. The minimum absolute atomic E-state index is 0.141. The molecule has 3 aromatic rings. The molecule has 1 aliphatic heterocycles. The van der Waals surface area contributed by atoms with E-state index >= 15 is 0 Å². The van der Waals surface area contributed by atoms with Gasteiger partial charge < -0.3 is 19.1 Å². The van der Waals surface area contributed by atoms with Gasteiger partial charge in [-0.1, -0.05) is 0 Å². The summed E-state index contributed by atoms with van der Waals surface area (Å²) in [7, 11) is 1.57. The van der Waals surface area contributed by atoms with Gasteiger partial charge in [-0.2, -0.15) is 4.98 Å². The van der Waals surface area contributed by atoms with Crippen LogP contribution in [-0.4, -0.2) is 64.2 Å². The van der Waals surface area contributed by atoms with Crippen LogP contribution in [0.25, 0.3) is 16.2 Å². The molecule has 37 heavy (non-hydrogen) atoms. The van der Waals surface area contributed by atoms with Crippen LogP contribution in [0.3, 0.4) is 0 Å². The number of nitrogens with zero attached hydrogens (tertiary/aromatic N) is 6. The Morgan fingerprint density at radius 3 is 2.46 bits per heavy atom. The van der Waals surface area contributed by atoms with Crippen molar-refractivity contribution < 1.29 is 23.8 Å². The summed E-state index contributed by atoms with van der Waals surface area (Å²) in [5.41, 5.74) is 0.555. The molecule has 0 unspecified atom stereocenters. The summed E-state index contributed by atoms with van der Waals surface area (Å²) in [4.78, 5) is 44.9. The molecule has 0 radical (unpaired) electrons. The number of ether oxygens (including phenoxy) is 3. The van der Waals surface area contributed by atoms with E-state index in [4.69, 9.17) is 20.8 Å². The Labute approximate surface area is 214 Å². The van der Waals surface area contributed by atoms with Crippen molar-refractivity contribution in [3.05, 3.63) is 60.3 Å². The average molecular weight is 503 g/mol. The molecule has 1 saturated heterocycles. The van der Waals surface area contributed by atoms with E-state index in [9.17, 15) is 9.59 Å². The van der Waals surface area contributed by atoms with E-state index in [1.165, 1.54) is 22.2 Å². The smallest absolute Gasteiger partial charge is 0.410 e. The van der Waals surface area contributed by atoms with Gasteiger partial charge in [0.05, 0.1) is 19.9 Å². The predicted molar refractivity (Wildman–Crippen MR) is 135 cm³/mol. The Bertz CT molecular complexity index is 1350. The van der Waals surface area contributed by atoms with Crippen LogP contribution in [0.5, 0.6) is 17.4 Å². The molecule has 0 aliphatic carbocycles. The summed E-state index contributed by atoms with van der Waals surface area (Å²) in [5.74, 6) is 1.23. The van der Waals surface area contributed by atoms with Crippen LogP contribution in [0.4, 0.5) is 16.2 Å². The number of carbonyl (C=O) groups is 2. The quantitative estimate of drug-likeness (QED) is 0.470. The number of methoxy groups -OCH3 is 1. The van der Waals surface area contributed by atoms with Crippen molar-refractivity contribution in [2.45, 2.75) is 26.4 Å². The molecule has 0 spiro atoms. The lowest BCUT2D eigenvalue weighted by atomic mass is 10.2. The number of hydrogen-bond donors (Lipinski definition) is 0. The SMILES string of the molecule is [C-]#[N+]c1cncc(-c2ncc(N3CCN(C(=O)OC(C)(C)C)CC3=O)c(Oc3ccc(OC)cc3)n2)c1. The van der Waals surface area contributed by atoms with Gasteiger partial charge in [0.1, 0.15) is 29.3 Å². The largest absolute Gasteiger partial charge is 0.497 e. The average Bonchev–Trinajstić information content (AvgIpc) is 2.88. The van der Waals surface area contributed by atoms with Crippen molar-refractivity contribution in [1.29, 1.82) is 0 Å². The minimum atomic E-state index is -0.667. The highest BCUT2D eigenvalue weighted by atomic mass is 16.6. The molecule has 2 amide bonds. The fourth-order valence-electron chi connectivity index (χ4n) is 3.54. The fraction of sp³-hybridized carbons (Fsp3) is 0.308. The zero-order chi connectivity index (χ0) is 26.6. The van der Waals surface area contributed by atoms with E-state index in [0.29, 0.717) is 28.4 Å². The maximum absolute atomic E-state index is 13.1. The second-order valence-corrected chi connectivity index (χ2v) is 9.15. The molecule has 1 aromatic carbocycles. The molecule has 11 heteroatoms. The van der Waals surface area contributed by atoms with Crippen LogP contribution < -0.4 is 14.4 Å². The fourth-order valence-corrected chi connectivity index (χ4v) is 3.54. The standard InChI is InChI=1S/C26H26N6O5/c1-26(2,3)37-25(34)31-10-11-32(22(33)16-31)21-15-29-23(17-12-18(27-4)14-28-13-17)30-24(21)36-20-8-6-19(35-5)7-9-20/h6-9,12-15H,10-11,16H2,1-3,5H3. The number of anilines is 1. The molecule has 1 fully saturated rings. The topological polar surface area (TPSA) is 111 Å². The summed E-state index contributed by atoms with van der Waals surface area (Å²) in [6, 6.07) is 8.54. The van der Waals surface area contributed by atoms with Gasteiger partial charge in [-0.3, -0.25) is 14.7 Å². The maximum atomic E-state index is 13.1. The van der Waals surface area contributed by atoms with Crippen molar-refractivity contribution >= 4 is 23.4 Å². The van der Waals surface area contributed by atoms with Crippen LogP contribution in [-0.2, 0) is 9.53 Å². The summed E-state index contributed by atoms with van der Waals surface area (Å²) in [5, 5.41) is 0. The van der Waals surface area contributed by atoms with Crippen LogP contribution in [0.1, 0.15) is 20.8 Å². The molecule has 0 saturated carbocycles. The van der Waals surface area contributed by atoms with E-state index in [1.807, 2.05) is 0 Å². The van der Waals surface area contributed by atoms with Crippen molar-refractivity contribution in [3.8, 4) is 28.8 Å². The Morgan fingerprint density at radius 1 is 1.08 bits per heavy atom. The zero-order valence-electron chi connectivity index (χ0n) is 21.0. The number of aromatic nitrogens is 3. The highest BCUT2D eigenvalue weighted by molar-refractivity contribution is 5.98. The second kappa shape index (κ2) is 10.5. The molecule has 0 N–H and O–H groups in total. The Kier molecular flexibility index (Phi) is 7.20. The lowest BCUT2D eigenvalue weighted by Gasteiger charge is -2.35. The number of amides is 2. The van der Waals surface area contributed by atoms with Gasteiger partial charge in [0, 0.05) is 31.0 Å². The van der Waals surface area contributed by atoms with Crippen molar-refractivity contribution in [1.82, 2.24) is 19.9 Å². The van der Waals surface area contributed by atoms with Gasteiger partial charge in [-0.05, 0) is 51.1 Å². The van der Waals surface area contributed by atoms with Gasteiger partial charge in [0.2, 0.25) is 17.5 Å². The van der Waals surface area contributed by atoms with Crippen LogP contribution in [0, 0.1) is 6.57 Å². The summed E-state index contributed by atoms with van der Waals surface area (Å²) < 4.78 is 16.7. The van der Waals surface area contributed by atoms with Crippen LogP contribution >= 0.6 is 0 Å². The first-order valence-corrected chi connectivity index (χ1v) is 11.5. The monoisotopic (exact) mass is 502 g/mol. The van der Waals surface area contributed by atoms with E-state index in [0.717, 1.165) is 0 Å². The van der Waals surface area contributed by atoms with E-state index in [1.54, 1.807) is 64.4 Å². The van der Waals surface area contributed by atoms with E-state index < -0.39 is 11.7 Å². The normalized spacial score (nSPS) is 13.6. The third kappa shape index (κ3) is 6.10. The van der Waals surface area contributed by atoms with Crippen LogP contribution in [0.15, 0.2) is 48.9 Å². The first kappa shape index (κ1) is 25.4. The molecule has 2 aromatic heterocycles. The van der Waals surface area contributed by atoms with Gasteiger partial charge in [-0.15, -0.1) is 0 Å². The van der Waals surface area contributed by atoms with Crippen molar-refractivity contribution in [2.75, 3.05) is 31.6 Å². The highest BCUT2D eigenvalue weighted by Gasteiger charge is 2.33. The third-order valence-electron chi connectivity index (χ3n) is 5.28. The predicted octanol–water partition coefficient (Wildman–Crippen LogP) is 4.47. The Balaban J connectivity index is 1.65. The number of piperazine rings is 1. The molecule has 1 aliphatic rings. The van der Waals surface area contributed by atoms with E-state index in [-0.39, 0.29) is 37.2 Å². The maximum Gasteiger partial charge on any atom is 0.410 e. The van der Waals surface area contributed by atoms with Gasteiger partial charge in [0.15, 0.2) is 5.82 Å². The first-order chi connectivity index (χ1) is 17.7. The zero-order valence-corrected chi connectivity index (χ0v) is 21.0. The van der Waals surface area contributed by atoms with Gasteiger partial charge in [0.25, 0.3) is 0 Å². The van der Waals surface area contributed by atoms with E-state index in [2.05, 4.69) is 19.8 Å². The third-order valence-corrected chi connectivity index (χ3v) is 5.28. The molecule has 11 nitrogen and oxygen atoms in total. The Morgan fingerprint density at radius 2 is 1.81 bits per heavy atom. The molecule has 0 atom stereocenters. The van der Waals surface area contributed by atoms with Crippen molar-refractivity contribution in [3.63, 3.8) is 0 Å². The lowest BCUT2D eigenvalue weighted by Crippen LogP contribution is -2.53. The summed E-state index contributed by atoms with van der Waals surface area (Å²) in [6.45, 7) is 12.9. The first-order valence-electron chi connectivity index (χ1n) is 11.5.